The second kappa shape index (κ2) is 11.1. The maximum absolute atomic E-state index is 12.3. The molecule has 0 saturated carbocycles. The second-order valence-electron chi connectivity index (χ2n) is 8.22. The molecule has 0 aromatic rings. The van der Waals surface area contributed by atoms with Crippen molar-refractivity contribution in [1.82, 2.24) is 5.32 Å². The molecule has 0 aliphatic heterocycles. The molecule has 0 heterocycles. The van der Waals surface area contributed by atoms with E-state index in [1.807, 2.05) is 0 Å². The molecule has 0 aliphatic carbocycles. The van der Waals surface area contributed by atoms with E-state index in [0.29, 0.717) is 13.0 Å². The lowest BCUT2D eigenvalue weighted by Crippen LogP contribution is -2.44. The number of rotatable bonds is 10. The van der Waals surface area contributed by atoms with Crippen molar-refractivity contribution in [3.05, 3.63) is 0 Å². The summed E-state index contributed by atoms with van der Waals surface area (Å²) in [5.41, 5.74) is -0.591. The molecule has 142 valence electrons. The molecule has 0 fully saturated rings. The lowest BCUT2D eigenvalue weighted by atomic mass is 10.1. The third-order valence-corrected chi connectivity index (χ3v) is 5.46. The van der Waals surface area contributed by atoms with E-state index in [2.05, 4.69) is 40.9 Å². The fourth-order valence-corrected chi connectivity index (χ4v) is 2.99. The van der Waals surface area contributed by atoms with Crippen LogP contribution in [0.2, 0.25) is 25.7 Å². The predicted octanol–water partition coefficient (Wildman–Crippen LogP) is 4.72. The Morgan fingerprint density at radius 1 is 1.12 bits per heavy atom. The van der Waals surface area contributed by atoms with Crippen LogP contribution in [0.1, 0.15) is 46.5 Å². The summed E-state index contributed by atoms with van der Waals surface area (Å²) < 4.78 is 10.6. The molecule has 24 heavy (non-hydrogen) atoms. The maximum atomic E-state index is 12.3. The number of esters is 1. The van der Waals surface area contributed by atoms with Crippen molar-refractivity contribution in [3.8, 4) is 0 Å². The first kappa shape index (κ1) is 23.4. The number of hydrogen-bond acceptors (Lipinski definition) is 4. The van der Waals surface area contributed by atoms with E-state index >= 15 is 0 Å². The van der Waals surface area contributed by atoms with Gasteiger partial charge in [-0.3, -0.25) is 0 Å². The highest BCUT2D eigenvalue weighted by molar-refractivity contribution is 9.09. The van der Waals surface area contributed by atoms with Gasteiger partial charge < -0.3 is 14.8 Å². The largest absolute Gasteiger partial charge is 0.464 e. The van der Waals surface area contributed by atoms with Gasteiger partial charge in [0, 0.05) is 13.4 Å². The van der Waals surface area contributed by atoms with E-state index in [1.165, 1.54) is 0 Å². The average Bonchev–Trinajstić information content (AvgIpc) is 2.38. The first-order chi connectivity index (χ1) is 10.9. The molecule has 1 amide bonds. The summed E-state index contributed by atoms with van der Waals surface area (Å²) in [6.45, 7) is 12.5. The van der Waals surface area contributed by atoms with Crippen LogP contribution in [-0.2, 0) is 14.3 Å². The van der Waals surface area contributed by atoms with Crippen LogP contribution in [0.25, 0.3) is 0 Å². The number of nitrogens with one attached hydrogen (secondary N) is 1. The van der Waals surface area contributed by atoms with Crippen molar-refractivity contribution in [2.45, 2.75) is 83.8 Å². The molecular formula is C17H34BrNO4Si. The maximum Gasteiger partial charge on any atom is 0.408 e. The Kier molecular flexibility index (Phi) is 10.9. The number of alkyl halides is 1. The van der Waals surface area contributed by atoms with Crippen molar-refractivity contribution < 1.29 is 19.1 Å². The van der Waals surface area contributed by atoms with E-state index in [4.69, 9.17) is 9.47 Å². The van der Waals surface area contributed by atoms with Gasteiger partial charge in [0.05, 0.1) is 6.61 Å². The van der Waals surface area contributed by atoms with Crippen LogP contribution in [0.5, 0.6) is 0 Å². The number of amides is 1. The van der Waals surface area contributed by atoms with E-state index in [0.717, 1.165) is 30.6 Å². The fourth-order valence-electron chi connectivity index (χ4n) is 1.88. The molecular weight excluding hydrogens is 390 g/mol. The number of halogens is 1. The first-order valence-electron chi connectivity index (χ1n) is 8.67. The average molecular weight is 424 g/mol. The highest BCUT2D eigenvalue weighted by Crippen LogP contribution is 2.12. The molecule has 0 bridgehead atoms. The molecule has 1 atom stereocenters. The third kappa shape index (κ3) is 13.8. The van der Waals surface area contributed by atoms with Gasteiger partial charge in [0.2, 0.25) is 0 Å². The highest BCUT2D eigenvalue weighted by atomic mass is 79.9. The van der Waals surface area contributed by atoms with Crippen LogP contribution in [-0.4, -0.2) is 43.7 Å². The van der Waals surface area contributed by atoms with E-state index in [9.17, 15) is 9.59 Å². The normalized spacial score (nSPS) is 13.3. The van der Waals surface area contributed by atoms with Gasteiger partial charge in [0.25, 0.3) is 0 Å². The van der Waals surface area contributed by atoms with Gasteiger partial charge in [0.1, 0.15) is 11.6 Å². The van der Waals surface area contributed by atoms with Gasteiger partial charge in [0.15, 0.2) is 0 Å². The number of carbonyl (C=O) groups excluding carboxylic acids is 2. The summed E-state index contributed by atoms with van der Waals surface area (Å²) in [4.78, 5) is 24.3. The Morgan fingerprint density at radius 2 is 1.75 bits per heavy atom. The quantitative estimate of drug-likeness (QED) is 0.239. The summed E-state index contributed by atoms with van der Waals surface area (Å²) in [6, 6.07) is 0.276. The van der Waals surface area contributed by atoms with Gasteiger partial charge in [-0.2, -0.15) is 0 Å². The van der Waals surface area contributed by atoms with Crippen molar-refractivity contribution in [2.24, 2.45) is 0 Å². The number of ether oxygens (including phenoxy) is 2. The third-order valence-electron chi connectivity index (χ3n) is 3.20. The fraction of sp³-hybridized carbons (Fsp3) is 0.882. The number of unbranched alkanes of at least 4 members (excludes halogenated alkanes) is 2. The molecule has 0 radical (unpaired) electrons. The Morgan fingerprint density at radius 3 is 2.25 bits per heavy atom. The van der Waals surface area contributed by atoms with Gasteiger partial charge in [-0.25, -0.2) is 9.59 Å². The molecule has 1 N–H and O–H groups in total. The Labute approximate surface area is 156 Å². The topological polar surface area (TPSA) is 64.6 Å². The molecule has 7 heteroatoms. The molecule has 0 aromatic carbocycles. The highest BCUT2D eigenvalue weighted by Gasteiger charge is 2.25. The minimum atomic E-state index is -1.25. The van der Waals surface area contributed by atoms with E-state index in [1.54, 1.807) is 20.8 Å². The molecule has 5 nitrogen and oxygen atoms in total. The lowest BCUT2D eigenvalue weighted by Gasteiger charge is -2.23. The molecule has 0 aliphatic rings. The predicted molar refractivity (Wildman–Crippen MR) is 105 cm³/mol. The zero-order chi connectivity index (χ0) is 18.8. The molecule has 0 rings (SSSR count). The monoisotopic (exact) mass is 423 g/mol. The van der Waals surface area contributed by atoms with E-state index < -0.39 is 25.8 Å². The Balaban J connectivity index is 4.55. The van der Waals surface area contributed by atoms with Crippen molar-refractivity contribution in [2.75, 3.05) is 11.9 Å². The summed E-state index contributed by atoms with van der Waals surface area (Å²) in [6.07, 6.45) is 2.90. The van der Waals surface area contributed by atoms with Crippen molar-refractivity contribution in [3.63, 3.8) is 0 Å². The van der Waals surface area contributed by atoms with Crippen LogP contribution in [0.15, 0.2) is 0 Å². The SMILES string of the molecule is CC(C)(C)OC(=O)N[C@@H](CCCCCBr)C(=O)OCC[Si](C)(C)C. The van der Waals surface area contributed by atoms with Gasteiger partial charge in [-0.1, -0.05) is 48.4 Å². The Bertz CT molecular complexity index is 391. The molecule has 0 aromatic heterocycles. The van der Waals surface area contributed by atoms with Gasteiger partial charge in [-0.15, -0.1) is 0 Å². The molecule has 0 unspecified atom stereocenters. The van der Waals surface area contributed by atoms with E-state index in [-0.39, 0.29) is 5.97 Å². The second-order valence-corrected chi connectivity index (χ2v) is 14.6. The van der Waals surface area contributed by atoms with Crippen molar-refractivity contribution in [1.29, 1.82) is 0 Å². The minimum absolute atomic E-state index is 0.363. The lowest BCUT2D eigenvalue weighted by molar-refractivity contribution is -0.145. The summed E-state index contributed by atoms with van der Waals surface area (Å²) in [5.74, 6) is -0.363. The smallest absolute Gasteiger partial charge is 0.408 e. The number of carbonyl (C=O) groups is 2. The van der Waals surface area contributed by atoms with Gasteiger partial charge in [-0.05, 0) is 39.7 Å². The van der Waals surface area contributed by atoms with Crippen LogP contribution in [0.3, 0.4) is 0 Å². The van der Waals surface area contributed by atoms with Gasteiger partial charge >= 0.3 is 12.1 Å². The summed E-state index contributed by atoms with van der Waals surface area (Å²) >= 11 is 3.39. The number of alkyl carbamates (subject to hydrolysis) is 1. The summed E-state index contributed by atoms with van der Waals surface area (Å²) in [7, 11) is -1.25. The van der Waals surface area contributed by atoms with Crippen LogP contribution < -0.4 is 5.32 Å². The van der Waals surface area contributed by atoms with Crippen molar-refractivity contribution >= 4 is 36.1 Å². The Hall–Kier alpha value is -0.563. The molecule has 0 saturated heterocycles. The summed E-state index contributed by atoms with van der Waals surface area (Å²) in [5, 5.41) is 3.60. The minimum Gasteiger partial charge on any atom is -0.464 e. The zero-order valence-corrected chi connectivity index (χ0v) is 18.6. The molecule has 0 spiro atoms. The first-order valence-corrected chi connectivity index (χ1v) is 13.5. The van der Waals surface area contributed by atoms with Crippen LogP contribution in [0.4, 0.5) is 4.79 Å². The zero-order valence-electron chi connectivity index (χ0n) is 16.0. The standard InChI is InChI=1S/C17H34BrNO4Si/c1-17(2,3)23-16(21)19-14(10-8-7-9-11-18)15(20)22-12-13-24(4,5)6/h14H,7-13H2,1-6H3,(H,19,21)/t14-/m0/s1. The van der Waals surface area contributed by atoms with Crippen LogP contribution >= 0.6 is 15.9 Å². The number of hydrogen-bond donors (Lipinski definition) is 1. The van der Waals surface area contributed by atoms with Crippen LogP contribution in [0, 0.1) is 0 Å².